The maximum atomic E-state index is 13.2. The molecule has 4 aliphatic carbocycles. The van der Waals surface area contributed by atoms with Crippen molar-refractivity contribution in [1.82, 2.24) is 4.90 Å². The van der Waals surface area contributed by atoms with Crippen molar-refractivity contribution in [2.24, 2.45) is 22.7 Å². The van der Waals surface area contributed by atoms with Gasteiger partial charge in [-0.25, -0.2) is 0 Å². The minimum atomic E-state index is -0.220. The monoisotopic (exact) mass is 405 g/mol. The molecular weight excluding hydrogens is 370 g/mol. The Bertz CT molecular complexity index is 981. The third-order valence-corrected chi connectivity index (χ3v) is 11.6. The van der Waals surface area contributed by atoms with Crippen LogP contribution >= 0.6 is 0 Å². The van der Waals surface area contributed by atoms with Crippen molar-refractivity contribution in [3.05, 3.63) is 28.8 Å². The fraction of sp³-hybridized carbons (Fsp3) is 0.741. The number of hydrogen-bond donors (Lipinski definition) is 0. The van der Waals surface area contributed by atoms with Gasteiger partial charge in [0.25, 0.3) is 0 Å². The van der Waals surface area contributed by atoms with Crippen LogP contribution in [0.25, 0.3) is 0 Å². The molecule has 0 N–H and O–H groups in total. The number of ether oxygens (including phenoxy) is 1. The van der Waals surface area contributed by atoms with Crippen LogP contribution in [-0.4, -0.2) is 36.4 Å². The number of rotatable bonds is 1. The summed E-state index contributed by atoms with van der Waals surface area (Å²) in [5.41, 5.74) is 5.09. The van der Waals surface area contributed by atoms with Gasteiger partial charge >= 0.3 is 0 Å². The Morgan fingerprint density at radius 1 is 1.13 bits per heavy atom. The fourth-order valence-corrected chi connectivity index (χ4v) is 9.50. The lowest BCUT2D eigenvalue weighted by Gasteiger charge is -2.57. The highest BCUT2D eigenvalue weighted by Gasteiger charge is 2.67. The van der Waals surface area contributed by atoms with Gasteiger partial charge in [-0.05, 0) is 91.8 Å². The number of carbonyl (C=O) groups is 1. The van der Waals surface area contributed by atoms with E-state index in [2.05, 4.69) is 44.9 Å². The molecule has 0 aromatic heterocycles. The second-order valence-corrected chi connectivity index (χ2v) is 12.3. The van der Waals surface area contributed by atoms with Crippen molar-refractivity contribution in [2.45, 2.75) is 89.2 Å². The van der Waals surface area contributed by atoms with Crippen molar-refractivity contribution in [3.63, 3.8) is 0 Å². The highest BCUT2D eigenvalue weighted by Crippen LogP contribution is 2.73. The van der Waals surface area contributed by atoms with Crippen LogP contribution in [-0.2, 0) is 16.6 Å². The van der Waals surface area contributed by atoms with Gasteiger partial charge < -0.3 is 9.64 Å². The van der Waals surface area contributed by atoms with Crippen LogP contribution in [0.4, 0.5) is 0 Å². The summed E-state index contributed by atoms with van der Waals surface area (Å²) in [6.45, 7) is 8.63. The first-order chi connectivity index (χ1) is 14.3. The number of likely N-dealkylation sites (N-methyl/N-ethyl adjacent to an activating group) is 1. The normalized spacial score (nSPS) is 47.3. The lowest BCUT2D eigenvalue weighted by molar-refractivity contribution is -0.138. The van der Waals surface area contributed by atoms with E-state index in [9.17, 15) is 4.79 Å². The van der Waals surface area contributed by atoms with Crippen LogP contribution in [0.3, 0.4) is 0 Å². The predicted octanol–water partition coefficient (Wildman–Crippen LogP) is 4.85. The largest absolute Gasteiger partial charge is 0.481 e. The Balaban J connectivity index is 1.44. The lowest BCUT2D eigenvalue weighted by atomic mass is 9.51. The summed E-state index contributed by atoms with van der Waals surface area (Å²) in [4.78, 5) is 15.8. The SMILES string of the molecule is CN1CC[C@]23c4c5ccc(C6CC7CC[C@]6(C)C7(C)C)c4O[C@H]2C(=O)CC[C@H]3[C@H]1C5. The van der Waals surface area contributed by atoms with Gasteiger partial charge in [-0.3, -0.25) is 4.79 Å². The van der Waals surface area contributed by atoms with E-state index in [1.807, 2.05) is 0 Å². The Kier molecular flexibility index (Phi) is 3.25. The molecule has 2 unspecified atom stereocenters. The number of hydrogen-bond acceptors (Lipinski definition) is 3. The Labute approximate surface area is 180 Å². The number of benzene rings is 1. The van der Waals surface area contributed by atoms with E-state index in [1.165, 1.54) is 36.0 Å². The van der Waals surface area contributed by atoms with E-state index in [0.29, 0.717) is 40.9 Å². The van der Waals surface area contributed by atoms with Gasteiger partial charge in [-0.2, -0.15) is 0 Å². The standard InChI is InChI=1S/C27H35NO2/c1-25(2)16-9-10-26(25,3)19(14-16)17-6-5-15-13-20-18-7-8-21(29)24-27(18,11-12-28(20)4)22(15)23(17)30-24/h5-6,16,18-20,24H,7-14H2,1-4H3/t16?,18-,19?,20+,24-,26-,27-/m0/s1. The summed E-state index contributed by atoms with van der Waals surface area (Å²) in [6, 6.07) is 5.42. The average molecular weight is 406 g/mol. The molecule has 1 aromatic carbocycles. The van der Waals surface area contributed by atoms with E-state index < -0.39 is 0 Å². The molecule has 4 bridgehead atoms. The first-order valence-electron chi connectivity index (χ1n) is 12.3. The summed E-state index contributed by atoms with van der Waals surface area (Å²) in [5.74, 6) is 3.50. The van der Waals surface area contributed by atoms with Crippen molar-refractivity contribution < 1.29 is 9.53 Å². The van der Waals surface area contributed by atoms with Crippen molar-refractivity contribution in [1.29, 1.82) is 0 Å². The van der Waals surface area contributed by atoms with Crippen LogP contribution in [0.2, 0.25) is 0 Å². The molecule has 7 rings (SSSR count). The van der Waals surface area contributed by atoms with Crippen LogP contribution in [0.5, 0.6) is 5.75 Å². The number of nitrogens with zero attached hydrogens (tertiary/aromatic N) is 1. The molecule has 160 valence electrons. The molecule has 2 heterocycles. The smallest absolute Gasteiger partial charge is 0.174 e. The summed E-state index contributed by atoms with van der Waals surface area (Å²) in [6.07, 6.45) is 7.74. The van der Waals surface area contributed by atoms with Crippen LogP contribution in [0.1, 0.15) is 81.9 Å². The van der Waals surface area contributed by atoms with Crippen molar-refractivity contribution >= 4 is 5.78 Å². The molecule has 3 nitrogen and oxygen atoms in total. The second-order valence-electron chi connectivity index (χ2n) is 12.3. The summed E-state index contributed by atoms with van der Waals surface area (Å²) in [5, 5.41) is 0. The van der Waals surface area contributed by atoms with Gasteiger partial charge in [0, 0.05) is 23.4 Å². The number of Topliss-reactive ketones (excluding diaryl/α,β-unsaturated/α-hetero) is 1. The summed E-state index contributed by atoms with van der Waals surface area (Å²) >= 11 is 0. The predicted molar refractivity (Wildman–Crippen MR) is 117 cm³/mol. The first kappa shape index (κ1) is 18.2. The number of likely N-dealkylation sites (tertiary alicyclic amines) is 1. The van der Waals surface area contributed by atoms with Gasteiger partial charge in [0.05, 0.1) is 0 Å². The highest BCUT2D eigenvalue weighted by atomic mass is 16.5. The fourth-order valence-electron chi connectivity index (χ4n) is 9.50. The maximum Gasteiger partial charge on any atom is 0.174 e. The van der Waals surface area contributed by atoms with Crippen molar-refractivity contribution in [2.75, 3.05) is 13.6 Å². The first-order valence-corrected chi connectivity index (χ1v) is 12.3. The number of piperidine rings is 1. The van der Waals surface area contributed by atoms with Gasteiger partial charge in [-0.15, -0.1) is 0 Å². The van der Waals surface area contributed by atoms with Gasteiger partial charge in [0.1, 0.15) is 5.75 Å². The molecule has 3 heteroatoms. The summed E-state index contributed by atoms with van der Waals surface area (Å²) in [7, 11) is 2.29. The van der Waals surface area contributed by atoms with E-state index in [1.54, 1.807) is 0 Å². The molecular formula is C27H35NO2. The maximum absolute atomic E-state index is 13.2. The Morgan fingerprint density at radius 3 is 2.70 bits per heavy atom. The van der Waals surface area contributed by atoms with E-state index >= 15 is 0 Å². The van der Waals surface area contributed by atoms with Gasteiger partial charge in [-0.1, -0.05) is 32.9 Å². The molecule has 0 amide bonds. The van der Waals surface area contributed by atoms with Crippen LogP contribution in [0, 0.1) is 22.7 Å². The zero-order valence-corrected chi connectivity index (χ0v) is 19.0. The number of ketones is 1. The second kappa shape index (κ2) is 5.34. The summed E-state index contributed by atoms with van der Waals surface area (Å²) < 4.78 is 6.82. The quantitative estimate of drug-likeness (QED) is 0.669. The average Bonchev–Trinajstić information content (AvgIpc) is 3.25. The highest BCUT2D eigenvalue weighted by molar-refractivity contribution is 5.89. The van der Waals surface area contributed by atoms with E-state index in [4.69, 9.17) is 4.74 Å². The molecule has 30 heavy (non-hydrogen) atoms. The van der Waals surface area contributed by atoms with E-state index in [0.717, 1.165) is 37.5 Å². The molecule has 3 saturated carbocycles. The number of fused-ring (bicyclic) bond motifs is 2. The molecule has 6 aliphatic rings. The Morgan fingerprint density at radius 2 is 1.97 bits per heavy atom. The molecule has 1 aromatic rings. The number of carbonyl (C=O) groups excluding carboxylic acids is 1. The Hall–Kier alpha value is -1.35. The minimum absolute atomic E-state index is 0.0422. The molecule has 1 spiro atoms. The lowest BCUT2D eigenvalue weighted by Crippen LogP contribution is -2.65. The molecule has 2 aliphatic heterocycles. The van der Waals surface area contributed by atoms with Crippen LogP contribution in [0.15, 0.2) is 12.1 Å². The molecule has 4 fully saturated rings. The molecule has 1 saturated heterocycles. The van der Waals surface area contributed by atoms with Gasteiger partial charge in [0.2, 0.25) is 0 Å². The zero-order chi connectivity index (χ0) is 20.6. The topological polar surface area (TPSA) is 29.5 Å². The van der Waals surface area contributed by atoms with Gasteiger partial charge in [0.15, 0.2) is 11.9 Å². The zero-order valence-electron chi connectivity index (χ0n) is 19.0. The van der Waals surface area contributed by atoms with Crippen LogP contribution < -0.4 is 4.74 Å². The molecule has 7 atom stereocenters. The molecule has 0 radical (unpaired) electrons. The third-order valence-electron chi connectivity index (χ3n) is 11.6. The van der Waals surface area contributed by atoms with Crippen molar-refractivity contribution in [3.8, 4) is 5.75 Å². The third kappa shape index (κ3) is 1.77. The minimum Gasteiger partial charge on any atom is -0.481 e. The van der Waals surface area contributed by atoms with E-state index in [-0.39, 0.29) is 11.5 Å².